The van der Waals surface area contributed by atoms with Crippen LogP contribution < -0.4 is 5.32 Å². The third-order valence-corrected chi connectivity index (χ3v) is 4.06. The molecule has 6 heteroatoms. The van der Waals surface area contributed by atoms with Gasteiger partial charge < -0.3 is 10.4 Å². The molecule has 0 spiro atoms. The monoisotopic (exact) mass is 301 g/mol. The molecule has 1 fully saturated rings. The van der Waals surface area contributed by atoms with E-state index < -0.39 is 28.9 Å². The van der Waals surface area contributed by atoms with Crippen LogP contribution >= 0.6 is 0 Å². The first-order chi connectivity index (χ1) is 10.0. The number of aliphatic hydroxyl groups is 1. The highest BCUT2D eigenvalue weighted by Crippen LogP contribution is 2.29. The molecular formula is C15H18F3NO2. The second kappa shape index (κ2) is 6.93. The van der Waals surface area contributed by atoms with Crippen molar-refractivity contribution in [2.24, 2.45) is 11.8 Å². The van der Waals surface area contributed by atoms with Gasteiger partial charge in [-0.05, 0) is 24.7 Å². The molecule has 116 valence electrons. The Labute approximate surface area is 121 Å². The highest BCUT2D eigenvalue weighted by molar-refractivity contribution is 5.94. The van der Waals surface area contributed by atoms with Gasteiger partial charge in [-0.3, -0.25) is 4.79 Å². The zero-order chi connectivity index (χ0) is 15.4. The van der Waals surface area contributed by atoms with Crippen molar-refractivity contribution in [2.45, 2.75) is 25.7 Å². The maximum atomic E-state index is 13.5. The summed E-state index contributed by atoms with van der Waals surface area (Å²) >= 11 is 0. The third-order valence-electron chi connectivity index (χ3n) is 4.06. The minimum Gasteiger partial charge on any atom is -0.396 e. The zero-order valence-corrected chi connectivity index (χ0v) is 11.5. The van der Waals surface area contributed by atoms with Gasteiger partial charge in [0.25, 0.3) is 5.91 Å². The highest BCUT2D eigenvalue weighted by atomic mass is 19.1. The van der Waals surface area contributed by atoms with Crippen molar-refractivity contribution < 1.29 is 23.1 Å². The average molecular weight is 301 g/mol. The first-order valence-corrected chi connectivity index (χ1v) is 7.06. The fraction of sp³-hybridized carbons (Fsp3) is 0.533. The van der Waals surface area contributed by atoms with Crippen molar-refractivity contribution in [1.29, 1.82) is 0 Å². The number of amides is 1. The Kier molecular flexibility index (Phi) is 5.22. The Balaban J connectivity index is 2.02. The molecule has 3 nitrogen and oxygen atoms in total. The minimum atomic E-state index is -1.22. The van der Waals surface area contributed by atoms with Gasteiger partial charge in [0.05, 0.1) is 0 Å². The minimum absolute atomic E-state index is 0.0415. The van der Waals surface area contributed by atoms with Crippen LogP contribution in [0.1, 0.15) is 36.0 Å². The van der Waals surface area contributed by atoms with Gasteiger partial charge in [-0.2, -0.15) is 0 Å². The number of benzene rings is 1. The lowest BCUT2D eigenvalue weighted by Crippen LogP contribution is -2.36. The van der Waals surface area contributed by atoms with Gasteiger partial charge in [0.1, 0.15) is 23.0 Å². The van der Waals surface area contributed by atoms with E-state index in [1.54, 1.807) is 0 Å². The van der Waals surface area contributed by atoms with Crippen LogP contribution in [0.2, 0.25) is 0 Å². The Morgan fingerprint density at radius 2 is 1.71 bits per heavy atom. The molecule has 1 aromatic rings. The molecule has 1 aromatic carbocycles. The van der Waals surface area contributed by atoms with Crippen molar-refractivity contribution in [1.82, 2.24) is 5.32 Å². The normalized spacial score (nSPS) is 22.1. The summed E-state index contributed by atoms with van der Waals surface area (Å²) in [4.78, 5) is 11.9. The Morgan fingerprint density at radius 1 is 1.14 bits per heavy atom. The predicted octanol–water partition coefficient (Wildman–Crippen LogP) is 2.63. The number of carbonyl (C=O) groups excluding carboxylic acids is 1. The number of nitrogens with one attached hydrogen (secondary N) is 1. The topological polar surface area (TPSA) is 49.3 Å². The summed E-state index contributed by atoms with van der Waals surface area (Å²) in [6.45, 7) is 0.292. The van der Waals surface area contributed by atoms with E-state index in [0.717, 1.165) is 25.7 Å². The van der Waals surface area contributed by atoms with Gasteiger partial charge in [0, 0.05) is 25.3 Å². The van der Waals surface area contributed by atoms with Crippen LogP contribution in [0.5, 0.6) is 0 Å². The third kappa shape index (κ3) is 3.75. The molecule has 0 saturated heterocycles. The van der Waals surface area contributed by atoms with E-state index in [4.69, 9.17) is 0 Å². The lowest BCUT2D eigenvalue weighted by atomic mass is 9.79. The Morgan fingerprint density at radius 3 is 2.29 bits per heavy atom. The van der Waals surface area contributed by atoms with Crippen molar-refractivity contribution >= 4 is 5.91 Å². The largest absolute Gasteiger partial charge is 0.396 e. The standard InChI is InChI=1S/C15H18F3NO2/c16-11-5-12(17)14(13(18)6-11)15(21)19-7-9-3-1-2-4-10(9)8-20/h5-6,9-10,20H,1-4,7-8H2,(H,19,21). The van der Waals surface area contributed by atoms with Crippen molar-refractivity contribution in [2.75, 3.05) is 13.2 Å². The molecule has 21 heavy (non-hydrogen) atoms. The average Bonchev–Trinajstić information content (AvgIpc) is 2.44. The lowest BCUT2D eigenvalue weighted by molar-refractivity contribution is 0.0901. The van der Waals surface area contributed by atoms with E-state index in [9.17, 15) is 23.1 Å². The molecule has 0 aromatic heterocycles. The quantitative estimate of drug-likeness (QED) is 0.898. The van der Waals surface area contributed by atoms with Crippen LogP contribution in [0.4, 0.5) is 13.2 Å². The first-order valence-electron chi connectivity index (χ1n) is 7.06. The second-order valence-electron chi connectivity index (χ2n) is 5.44. The van der Waals surface area contributed by atoms with E-state index in [1.807, 2.05) is 0 Å². The van der Waals surface area contributed by atoms with Gasteiger partial charge >= 0.3 is 0 Å². The summed E-state index contributed by atoms with van der Waals surface area (Å²) in [5.41, 5.74) is -0.771. The smallest absolute Gasteiger partial charge is 0.257 e. The number of rotatable bonds is 4. The fourth-order valence-electron chi connectivity index (χ4n) is 2.86. The van der Waals surface area contributed by atoms with Crippen molar-refractivity contribution in [3.05, 3.63) is 35.1 Å². The summed E-state index contributed by atoms with van der Waals surface area (Å²) in [5.74, 6) is -4.19. The molecule has 2 N–H and O–H groups in total. The SMILES string of the molecule is O=C(NCC1CCCCC1CO)c1c(F)cc(F)cc1F. The lowest BCUT2D eigenvalue weighted by Gasteiger charge is -2.30. The van der Waals surface area contributed by atoms with Gasteiger partial charge in [-0.25, -0.2) is 13.2 Å². The molecular weight excluding hydrogens is 283 g/mol. The van der Waals surface area contributed by atoms with Crippen LogP contribution in [0, 0.1) is 29.3 Å². The molecule has 2 rings (SSSR count). The van der Waals surface area contributed by atoms with Crippen LogP contribution in [0.3, 0.4) is 0 Å². The van der Waals surface area contributed by atoms with E-state index in [2.05, 4.69) is 5.32 Å². The zero-order valence-electron chi connectivity index (χ0n) is 11.5. The molecule has 1 aliphatic rings. The molecule has 1 saturated carbocycles. The van der Waals surface area contributed by atoms with Crippen LogP contribution in [-0.2, 0) is 0 Å². The summed E-state index contributed by atoms with van der Waals surface area (Å²) in [7, 11) is 0. The van der Waals surface area contributed by atoms with E-state index in [1.165, 1.54) is 0 Å². The maximum Gasteiger partial charge on any atom is 0.257 e. The first kappa shape index (κ1) is 15.8. The van der Waals surface area contributed by atoms with E-state index in [-0.39, 0.29) is 25.0 Å². The predicted molar refractivity (Wildman–Crippen MR) is 71.2 cm³/mol. The van der Waals surface area contributed by atoms with Crippen molar-refractivity contribution in [3.8, 4) is 0 Å². The van der Waals surface area contributed by atoms with Gasteiger partial charge in [-0.15, -0.1) is 0 Å². The molecule has 2 unspecified atom stereocenters. The summed E-state index contributed by atoms with van der Waals surface area (Å²) in [5, 5.41) is 11.8. The second-order valence-corrected chi connectivity index (χ2v) is 5.44. The molecule has 1 aliphatic carbocycles. The van der Waals surface area contributed by atoms with Gasteiger partial charge in [0.15, 0.2) is 0 Å². The maximum absolute atomic E-state index is 13.5. The molecule has 0 aliphatic heterocycles. The Hall–Kier alpha value is -1.56. The Bertz CT molecular complexity index is 499. The van der Waals surface area contributed by atoms with Crippen LogP contribution in [-0.4, -0.2) is 24.2 Å². The summed E-state index contributed by atoms with van der Waals surface area (Å²) in [6, 6.07) is 0.963. The fourth-order valence-corrected chi connectivity index (χ4v) is 2.86. The number of carbonyl (C=O) groups is 1. The van der Waals surface area contributed by atoms with E-state index >= 15 is 0 Å². The summed E-state index contributed by atoms with van der Waals surface area (Å²) < 4.78 is 39.8. The van der Waals surface area contributed by atoms with Crippen molar-refractivity contribution in [3.63, 3.8) is 0 Å². The number of hydrogen-bond donors (Lipinski definition) is 2. The molecule has 0 bridgehead atoms. The summed E-state index contributed by atoms with van der Waals surface area (Å²) in [6.07, 6.45) is 3.80. The molecule has 0 heterocycles. The highest BCUT2D eigenvalue weighted by Gasteiger charge is 2.26. The van der Waals surface area contributed by atoms with Crippen LogP contribution in [0.25, 0.3) is 0 Å². The van der Waals surface area contributed by atoms with Gasteiger partial charge in [-0.1, -0.05) is 12.8 Å². The number of hydrogen-bond acceptors (Lipinski definition) is 2. The molecule has 0 radical (unpaired) electrons. The molecule has 1 amide bonds. The van der Waals surface area contributed by atoms with Gasteiger partial charge in [0.2, 0.25) is 0 Å². The molecule has 2 atom stereocenters. The number of aliphatic hydroxyl groups excluding tert-OH is 1. The van der Waals surface area contributed by atoms with E-state index in [0.29, 0.717) is 12.1 Å². The van der Waals surface area contributed by atoms with Crippen LogP contribution in [0.15, 0.2) is 12.1 Å². The number of halogens is 3.